The van der Waals surface area contributed by atoms with E-state index in [-0.39, 0.29) is 6.04 Å². The Balaban J connectivity index is 1.98. The Morgan fingerprint density at radius 1 is 1.44 bits per heavy atom. The number of benzene rings is 1. The van der Waals surface area contributed by atoms with Crippen molar-refractivity contribution in [2.45, 2.75) is 19.5 Å². The molecular formula is C10H12BrN5. The predicted molar refractivity (Wildman–Crippen MR) is 63.6 cm³/mol. The van der Waals surface area contributed by atoms with Gasteiger partial charge in [0.2, 0.25) is 0 Å². The van der Waals surface area contributed by atoms with Gasteiger partial charge < -0.3 is 5.32 Å². The Labute approximate surface area is 102 Å². The lowest BCUT2D eigenvalue weighted by molar-refractivity contribution is 0.558. The first-order valence-corrected chi connectivity index (χ1v) is 5.77. The summed E-state index contributed by atoms with van der Waals surface area (Å²) in [5, 5.41) is 17.0. The smallest absolute Gasteiger partial charge is 0.188 e. The molecule has 5 nitrogen and oxygen atoms in total. The molecule has 2 aromatic rings. The van der Waals surface area contributed by atoms with Crippen LogP contribution in [-0.4, -0.2) is 20.6 Å². The van der Waals surface area contributed by atoms with Crippen molar-refractivity contribution < 1.29 is 0 Å². The molecular weight excluding hydrogens is 270 g/mol. The van der Waals surface area contributed by atoms with Gasteiger partial charge in [0.05, 0.1) is 6.54 Å². The number of halogens is 1. The first-order valence-electron chi connectivity index (χ1n) is 4.97. The van der Waals surface area contributed by atoms with Gasteiger partial charge >= 0.3 is 0 Å². The minimum atomic E-state index is 0.231. The van der Waals surface area contributed by atoms with Gasteiger partial charge in [0.15, 0.2) is 5.82 Å². The molecule has 1 aromatic heterocycles. The zero-order chi connectivity index (χ0) is 11.4. The second-order valence-corrected chi connectivity index (χ2v) is 4.31. The topological polar surface area (TPSA) is 66.5 Å². The number of nitrogens with one attached hydrogen (secondary N) is 2. The highest BCUT2D eigenvalue weighted by atomic mass is 79.9. The molecule has 0 saturated carbocycles. The average molecular weight is 282 g/mol. The van der Waals surface area contributed by atoms with Gasteiger partial charge in [0.25, 0.3) is 0 Å². The first kappa shape index (κ1) is 11.2. The van der Waals surface area contributed by atoms with Crippen LogP contribution in [0, 0.1) is 0 Å². The van der Waals surface area contributed by atoms with Crippen molar-refractivity contribution in [1.29, 1.82) is 0 Å². The Kier molecular flexibility index (Phi) is 3.63. The van der Waals surface area contributed by atoms with Crippen molar-refractivity contribution in [3.8, 4) is 0 Å². The highest BCUT2D eigenvalue weighted by Gasteiger charge is 2.08. The molecule has 1 atom stereocenters. The van der Waals surface area contributed by atoms with Gasteiger partial charge in [-0.3, -0.25) is 0 Å². The number of hydrogen-bond donors (Lipinski definition) is 2. The van der Waals surface area contributed by atoms with E-state index in [9.17, 15) is 0 Å². The third-order valence-electron chi connectivity index (χ3n) is 2.33. The minimum Gasteiger partial charge on any atom is -0.303 e. The van der Waals surface area contributed by atoms with Crippen LogP contribution in [0.4, 0.5) is 0 Å². The average Bonchev–Trinajstić information content (AvgIpc) is 2.79. The second kappa shape index (κ2) is 5.18. The van der Waals surface area contributed by atoms with Gasteiger partial charge in [-0.25, -0.2) is 0 Å². The molecule has 0 spiro atoms. The van der Waals surface area contributed by atoms with Gasteiger partial charge in [-0.15, -0.1) is 10.2 Å². The maximum Gasteiger partial charge on any atom is 0.188 e. The zero-order valence-electron chi connectivity index (χ0n) is 8.81. The van der Waals surface area contributed by atoms with Gasteiger partial charge in [-0.05, 0) is 18.6 Å². The van der Waals surface area contributed by atoms with E-state index in [0.717, 1.165) is 4.47 Å². The summed E-state index contributed by atoms with van der Waals surface area (Å²) >= 11 is 3.53. The number of aromatic amines is 1. The van der Waals surface area contributed by atoms with Crippen LogP contribution in [0.15, 0.2) is 28.7 Å². The molecule has 16 heavy (non-hydrogen) atoms. The fourth-order valence-electron chi connectivity index (χ4n) is 1.44. The number of nitrogens with zero attached hydrogens (tertiary/aromatic N) is 3. The predicted octanol–water partition coefficient (Wildman–Crippen LogP) is 1.81. The monoisotopic (exact) mass is 281 g/mol. The Morgan fingerprint density at radius 3 is 2.94 bits per heavy atom. The lowest BCUT2D eigenvalue weighted by Gasteiger charge is -2.14. The molecule has 2 N–H and O–H groups in total. The van der Waals surface area contributed by atoms with Crippen molar-refractivity contribution in [2.75, 3.05) is 0 Å². The Bertz CT molecular complexity index is 442. The van der Waals surface area contributed by atoms with E-state index in [1.54, 1.807) is 0 Å². The molecule has 6 heteroatoms. The number of aromatic nitrogens is 4. The van der Waals surface area contributed by atoms with Crippen molar-refractivity contribution in [1.82, 2.24) is 25.9 Å². The Hall–Kier alpha value is -1.27. The maximum atomic E-state index is 3.88. The fourth-order valence-corrected chi connectivity index (χ4v) is 2.07. The third-order valence-corrected chi connectivity index (χ3v) is 3.05. The molecule has 0 saturated heterocycles. The fraction of sp³-hybridized carbons (Fsp3) is 0.300. The summed E-state index contributed by atoms with van der Waals surface area (Å²) in [4.78, 5) is 0. The summed E-state index contributed by atoms with van der Waals surface area (Å²) in [5.41, 5.74) is 1.21. The SMILES string of the molecule is CC(NCc1nn[nH]n1)c1ccccc1Br. The normalized spacial score (nSPS) is 12.6. The van der Waals surface area contributed by atoms with Gasteiger partial charge in [0.1, 0.15) is 0 Å². The van der Waals surface area contributed by atoms with E-state index < -0.39 is 0 Å². The summed E-state index contributed by atoms with van der Waals surface area (Å²) in [6.45, 7) is 2.69. The van der Waals surface area contributed by atoms with Gasteiger partial charge in [-0.2, -0.15) is 5.21 Å². The van der Waals surface area contributed by atoms with Crippen LogP contribution in [0.1, 0.15) is 24.4 Å². The highest BCUT2D eigenvalue weighted by Crippen LogP contribution is 2.22. The summed E-state index contributed by atoms with van der Waals surface area (Å²) < 4.78 is 1.10. The zero-order valence-corrected chi connectivity index (χ0v) is 10.4. The summed E-state index contributed by atoms with van der Waals surface area (Å²) in [5.74, 6) is 0.666. The lowest BCUT2D eigenvalue weighted by atomic mass is 10.1. The molecule has 0 amide bonds. The molecule has 84 valence electrons. The van der Waals surface area contributed by atoms with Crippen LogP contribution in [0.2, 0.25) is 0 Å². The summed E-state index contributed by atoms with van der Waals surface area (Å²) in [6, 6.07) is 8.36. The van der Waals surface area contributed by atoms with E-state index in [1.165, 1.54) is 5.56 Å². The van der Waals surface area contributed by atoms with E-state index in [2.05, 4.69) is 54.9 Å². The minimum absolute atomic E-state index is 0.231. The molecule has 0 aliphatic rings. The largest absolute Gasteiger partial charge is 0.303 e. The van der Waals surface area contributed by atoms with Gasteiger partial charge in [-0.1, -0.05) is 39.3 Å². The quantitative estimate of drug-likeness (QED) is 0.897. The van der Waals surface area contributed by atoms with Crippen LogP contribution in [0.3, 0.4) is 0 Å². The van der Waals surface area contributed by atoms with Crippen molar-refractivity contribution in [3.05, 3.63) is 40.1 Å². The summed E-state index contributed by atoms with van der Waals surface area (Å²) in [7, 11) is 0. The van der Waals surface area contributed by atoms with E-state index in [1.807, 2.05) is 18.2 Å². The van der Waals surface area contributed by atoms with Gasteiger partial charge in [0, 0.05) is 10.5 Å². The van der Waals surface area contributed by atoms with E-state index in [0.29, 0.717) is 12.4 Å². The second-order valence-electron chi connectivity index (χ2n) is 3.45. The van der Waals surface area contributed by atoms with Crippen molar-refractivity contribution in [3.63, 3.8) is 0 Å². The molecule has 0 fully saturated rings. The van der Waals surface area contributed by atoms with E-state index in [4.69, 9.17) is 0 Å². The summed E-state index contributed by atoms with van der Waals surface area (Å²) in [6.07, 6.45) is 0. The number of tetrazole rings is 1. The molecule has 1 aromatic carbocycles. The first-order chi connectivity index (χ1) is 7.77. The third kappa shape index (κ3) is 2.65. The van der Waals surface area contributed by atoms with E-state index >= 15 is 0 Å². The molecule has 2 rings (SSSR count). The highest BCUT2D eigenvalue weighted by molar-refractivity contribution is 9.10. The standard InChI is InChI=1S/C10H12BrN5/c1-7(8-4-2-3-5-9(8)11)12-6-10-13-15-16-14-10/h2-5,7,12H,6H2,1H3,(H,13,14,15,16). The van der Waals surface area contributed by atoms with Crippen LogP contribution >= 0.6 is 15.9 Å². The van der Waals surface area contributed by atoms with Crippen LogP contribution < -0.4 is 5.32 Å². The molecule has 1 unspecified atom stereocenters. The molecule has 0 bridgehead atoms. The van der Waals surface area contributed by atoms with Crippen molar-refractivity contribution >= 4 is 15.9 Å². The maximum absolute atomic E-state index is 3.88. The lowest BCUT2D eigenvalue weighted by Crippen LogP contribution is -2.19. The number of H-pyrrole nitrogens is 1. The number of hydrogen-bond acceptors (Lipinski definition) is 4. The van der Waals surface area contributed by atoms with Crippen molar-refractivity contribution in [2.24, 2.45) is 0 Å². The molecule has 0 aliphatic carbocycles. The Morgan fingerprint density at radius 2 is 2.25 bits per heavy atom. The molecule has 0 aliphatic heterocycles. The molecule has 1 heterocycles. The van der Waals surface area contributed by atoms with Crippen LogP contribution in [0.25, 0.3) is 0 Å². The number of rotatable bonds is 4. The van der Waals surface area contributed by atoms with Crippen LogP contribution in [0.5, 0.6) is 0 Å². The van der Waals surface area contributed by atoms with Crippen LogP contribution in [-0.2, 0) is 6.54 Å². The molecule has 0 radical (unpaired) electrons.